The van der Waals surface area contributed by atoms with E-state index in [0.717, 1.165) is 0 Å². The van der Waals surface area contributed by atoms with Gasteiger partial charge in [0.15, 0.2) is 0 Å². The number of fused-ring (bicyclic) bond motifs is 2. The van der Waals surface area contributed by atoms with E-state index in [0.29, 0.717) is 30.4 Å². The Hall–Kier alpha value is -3.02. The number of halogens is 1. The Balaban J connectivity index is 1.89. The smallest absolute Gasteiger partial charge is 0.263 e. The molecule has 6 heteroatoms. The Labute approximate surface area is 137 Å². The van der Waals surface area contributed by atoms with E-state index in [9.17, 15) is 14.0 Å². The predicted molar refractivity (Wildman–Crippen MR) is 88.7 cm³/mol. The fraction of sp³-hybridized carbons (Fsp3) is 0.167. The molecule has 0 bridgehead atoms. The minimum absolute atomic E-state index is 0.0200. The highest BCUT2D eigenvalue weighted by Crippen LogP contribution is 2.22. The summed E-state index contributed by atoms with van der Waals surface area (Å²) in [6.45, 7) is 0.894. The van der Waals surface area contributed by atoms with E-state index in [2.05, 4.69) is 4.98 Å². The SMILES string of the molecule is O=C(c1ccccc1F)N1CCCn2c1nc1ccccc1c2=O. The van der Waals surface area contributed by atoms with Crippen molar-refractivity contribution in [3.8, 4) is 0 Å². The summed E-state index contributed by atoms with van der Waals surface area (Å²) >= 11 is 0. The Bertz CT molecular complexity index is 1010. The zero-order chi connectivity index (χ0) is 16.7. The van der Waals surface area contributed by atoms with Gasteiger partial charge in [0.25, 0.3) is 11.5 Å². The van der Waals surface area contributed by atoms with Crippen LogP contribution >= 0.6 is 0 Å². The lowest BCUT2D eigenvalue weighted by Crippen LogP contribution is -2.42. The minimum atomic E-state index is -0.581. The van der Waals surface area contributed by atoms with E-state index in [4.69, 9.17) is 0 Å². The lowest BCUT2D eigenvalue weighted by Gasteiger charge is -2.29. The van der Waals surface area contributed by atoms with Crippen LogP contribution in [0.2, 0.25) is 0 Å². The molecule has 0 aliphatic carbocycles. The van der Waals surface area contributed by atoms with Crippen molar-refractivity contribution in [1.29, 1.82) is 0 Å². The number of carbonyl (C=O) groups excluding carboxylic acids is 1. The van der Waals surface area contributed by atoms with Gasteiger partial charge in [0.1, 0.15) is 5.82 Å². The molecule has 1 amide bonds. The van der Waals surface area contributed by atoms with E-state index < -0.39 is 11.7 Å². The molecule has 0 saturated heterocycles. The summed E-state index contributed by atoms with van der Waals surface area (Å²) in [5.74, 6) is -0.787. The molecule has 0 spiro atoms. The fourth-order valence-corrected chi connectivity index (χ4v) is 3.02. The number of hydrogen-bond acceptors (Lipinski definition) is 3. The standard InChI is InChI=1S/C18H14FN3O2/c19-14-8-3-1-6-12(14)16(23)21-10-5-11-22-17(24)13-7-2-4-9-15(13)20-18(21)22/h1-4,6-9H,5,10-11H2. The van der Waals surface area contributed by atoms with Crippen molar-refractivity contribution in [3.05, 3.63) is 70.3 Å². The van der Waals surface area contributed by atoms with Gasteiger partial charge in [-0.1, -0.05) is 24.3 Å². The molecule has 4 rings (SSSR count). The normalized spacial score (nSPS) is 13.8. The number of carbonyl (C=O) groups is 1. The largest absolute Gasteiger partial charge is 0.278 e. The number of rotatable bonds is 1. The second-order valence-corrected chi connectivity index (χ2v) is 5.68. The molecule has 120 valence electrons. The van der Waals surface area contributed by atoms with Crippen molar-refractivity contribution in [1.82, 2.24) is 9.55 Å². The highest BCUT2D eigenvalue weighted by Gasteiger charge is 2.28. The molecule has 2 heterocycles. The van der Waals surface area contributed by atoms with Gasteiger partial charge in [0.2, 0.25) is 5.95 Å². The molecule has 0 unspecified atom stereocenters. The van der Waals surface area contributed by atoms with Crippen LogP contribution in [-0.2, 0) is 6.54 Å². The Morgan fingerprint density at radius 3 is 2.62 bits per heavy atom. The maximum atomic E-state index is 14.0. The van der Waals surface area contributed by atoms with Gasteiger partial charge in [-0.15, -0.1) is 0 Å². The van der Waals surface area contributed by atoms with Crippen molar-refractivity contribution in [2.24, 2.45) is 0 Å². The zero-order valence-electron chi connectivity index (χ0n) is 12.8. The summed E-state index contributed by atoms with van der Waals surface area (Å²) in [7, 11) is 0. The number of hydrogen-bond donors (Lipinski definition) is 0. The second kappa shape index (κ2) is 5.56. The van der Waals surface area contributed by atoms with Crippen LogP contribution in [0.5, 0.6) is 0 Å². The van der Waals surface area contributed by atoms with E-state index >= 15 is 0 Å². The van der Waals surface area contributed by atoms with Crippen LogP contribution in [0.3, 0.4) is 0 Å². The molecule has 5 nitrogen and oxygen atoms in total. The third kappa shape index (κ3) is 2.19. The quantitative estimate of drug-likeness (QED) is 0.692. The summed E-state index contributed by atoms with van der Waals surface area (Å²) in [4.78, 5) is 31.3. The van der Waals surface area contributed by atoms with Gasteiger partial charge in [-0.3, -0.25) is 19.1 Å². The second-order valence-electron chi connectivity index (χ2n) is 5.68. The van der Waals surface area contributed by atoms with Crippen LogP contribution in [0.4, 0.5) is 10.3 Å². The molecule has 0 atom stereocenters. The lowest BCUT2D eigenvalue weighted by molar-refractivity contribution is 0.0976. The van der Waals surface area contributed by atoms with Crippen LogP contribution in [0.25, 0.3) is 10.9 Å². The predicted octanol–water partition coefficient (Wildman–Crippen LogP) is 2.59. The highest BCUT2D eigenvalue weighted by atomic mass is 19.1. The number of amides is 1. The number of para-hydroxylation sites is 1. The topological polar surface area (TPSA) is 55.2 Å². The maximum Gasteiger partial charge on any atom is 0.263 e. The van der Waals surface area contributed by atoms with E-state index in [-0.39, 0.29) is 17.1 Å². The average Bonchev–Trinajstić information content (AvgIpc) is 2.61. The highest BCUT2D eigenvalue weighted by molar-refractivity contribution is 6.05. The summed E-state index contributed by atoms with van der Waals surface area (Å²) in [6.07, 6.45) is 0.618. The number of aromatic nitrogens is 2. The number of nitrogens with zero attached hydrogens (tertiary/aromatic N) is 3. The molecule has 0 radical (unpaired) electrons. The first-order valence-corrected chi connectivity index (χ1v) is 7.73. The van der Waals surface area contributed by atoms with Crippen molar-refractivity contribution in [2.75, 3.05) is 11.4 Å². The molecule has 1 aromatic heterocycles. The third-order valence-electron chi connectivity index (χ3n) is 4.20. The van der Waals surface area contributed by atoms with Crippen molar-refractivity contribution >= 4 is 22.8 Å². The molecule has 1 aliphatic heterocycles. The summed E-state index contributed by atoms with van der Waals surface area (Å²) in [5.41, 5.74) is 0.331. The number of benzene rings is 2. The van der Waals surface area contributed by atoms with Gasteiger partial charge < -0.3 is 0 Å². The molecule has 3 aromatic rings. The van der Waals surface area contributed by atoms with E-state index in [1.807, 2.05) is 0 Å². The first-order valence-electron chi connectivity index (χ1n) is 7.73. The van der Waals surface area contributed by atoms with Gasteiger partial charge >= 0.3 is 0 Å². The fourth-order valence-electron chi connectivity index (χ4n) is 3.02. The zero-order valence-corrected chi connectivity index (χ0v) is 12.8. The van der Waals surface area contributed by atoms with Gasteiger partial charge in [0, 0.05) is 13.1 Å². The average molecular weight is 323 g/mol. The molecule has 2 aromatic carbocycles. The third-order valence-corrected chi connectivity index (χ3v) is 4.20. The molecular weight excluding hydrogens is 309 g/mol. The van der Waals surface area contributed by atoms with Gasteiger partial charge in [-0.05, 0) is 30.7 Å². The number of anilines is 1. The molecule has 1 aliphatic rings. The van der Waals surface area contributed by atoms with Gasteiger partial charge in [-0.2, -0.15) is 0 Å². The van der Waals surface area contributed by atoms with Crippen molar-refractivity contribution < 1.29 is 9.18 Å². The van der Waals surface area contributed by atoms with Crippen molar-refractivity contribution in [3.63, 3.8) is 0 Å². The van der Waals surface area contributed by atoms with Crippen LogP contribution in [-0.4, -0.2) is 22.0 Å². The Morgan fingerprint density at radius 1 is 1.04 bits per heavy atom. The summed E-state index contributed by atoms with van der Waals surface area (Å²) < 4.78 is 15.5. The van der Waals surface area contributed by atoms with E-state index in [1.165, 1.54) is 27.7 Å². The van der Waals surface area contributed by atoms with Crippen LogP contribution < -0.4 is 10.5 Å². The molecule has 0 fully saturated rings. The lowest BCUT2D eigenvalue weighted by atomic mass is 10.1. The Morgan fingerprint density at radius 2 is 1.79 bits per heavy atom. The van der Waals surface area contributed by atoms with Crippen molar-refractivity contribution in [2.45, 2.75) is 13.0 Å². The van der Waals surface area contributed by atoms with Gasteiger partial charge in [-0.25, -0.2) is 9.37 Å². The van der Waals surface area contributed by atoms with Gasteiger partial charge in [0.05, 0.1) is 16.5 Å². The van der Waals surface area contributed by atoms with Crippen LogP contribution in [0, 0.1) is 5.82 Å². The molecule has 0 N–H and O–H groups in total. The molecule has 24 heavy (non-hydrogen) atoms. The molecular formula is C18H14FN3O2. The summed E-state index contributed by atoms with van der Waals surface area (Å²) in [6, 6.07) is 12.9. The first kappa shape index (κ1) is 14.6. The monoisotopic (exact) mass is 323 g/mol. The van der Waals surface area contributed by atoms with E-state index in [1.54, 1.807) is 30.3 Å². The first-order chi connectivity index (χ1) is 11.7. The summed E-state index contributed by atoms with van der Waals surface area (Å²) in [5, 5.41) is 0.515. The Kier molecular flexibility index (Phi) is 3.37. The maximum absolute atomic E-state index is 14.0. The van der Waals surface area contributed by atoms with Crippen LogP contribution in [0.15, 0.2) is 53.3 Å². The van der Waals surface area contributed by atoms with Crippen LogP contribution in [0.1, 0.15) is 16.8 Å². The molecule has 0 saturated carbocycles. The minimum Gasteiger partial charge on any atom is -0.278 e.